The number of rotatable bonds is 5. The number of benzene rings is 2. The summed E-state index contributed by atoms with van der Waals surface area (Å²) < 4.78 is 0. The molecule has 1 atom stereocenters. The Hall–Kier alpha value is -1.60. The zero-order valence-electron chi connectivity index (χ0n) is 11.0. The molecule has 0 heterocycles. The Labute approximate surface area is 109 Å². The SMILES string of the molecule is C=C(C)CCC(N)Cc1cccc2ccccc12. The first-order valence-electron chi connectivity index (χ1n) is 6.53. The number of hydrogen-bond acceptors (Lipinski definition) is 1. The minimum atomic E-state index is 0.215. The molecule has 0 bridgehead atoms. The topological polar surface area (TPSA) is 26.0 Å². The lowest BCUT2D eigenvalue weighted by Crippen LogP contribution is -2.22. The van der Waals surface area contributed by atoms with E-state index in [1.807, 2.05) is 0 Å². The molecule has 2 rings (SSSR count). The van der Waals surface area contributed by atoms with Crippen molar-refractivity contribution in [3.8, 4) is 0 Å². The van der Waals surface area contributed by atoms with E-state index in [1.54, 1.807) is 0 Å². The zero-order chi connectivity index (χ0) is 13.0. The maximum Gasteiger partial charge on any atom is 0.00825 e. The molecule has 94 valence electrons. The van der Waals surface area contributed by atoms with E-state index in [2.05, 4.69) is 56.0 Å². The quantitative estimate of drug-likeness (QED) is 0.782. The van der Waals surface area contributed by atoms with Crippen molar-refractivity contribution in [3.05, 3.63) is 60.2 Å². The molecule has 0 saturated carbocycles. The van der Waals surface area contributed by atoms with Crippen LogP contribution < -0.4 is 5.73 Å². The summed E-state index contributed by atoms with van der Waals surface area (Å²) >= 11 is 0. The average Bonchev–Trinajstić information content (AvgIpc) is 2.37. The van der Waals surface area contributed by atoms with E-state index in [0.717, 1.165) is 19.3 Å². The van der Waals surface area contributed by atoms with Crippen LogP contribution in [0, 0.1) is 0 Å². The molecule has 2 aromatic rings. The van der Waals surface area contributed by atoms with Crippen molar-refractivity contribution in [3.63, 3.8) is 0 Å². The van der Waals surface area contributed by atoms with Gasteiger partial charge < -0.3 is 5.73 Å². The van der Waals surface area contributed by atoms with Crippen LogP contribution >= 0.6 is 0 Å². The normalized spacial score (nSPS) is 12.6. The van der Waals surface area contributed by atoms with Crippen LogP contribution in [0.2, 0.25) is 0 Å². The van der Waals surface area contributed by atoms with Gasteiger partial charge in [0, 0.05) is 6.04 Å². The second kappa shape index (κ2) is 5.83. The van der Waals surface area contributed by atoms with Crippen molar-refractivity contribution >= 4 is 10.8 Å². The van der Waals surface area contributed by atoms with E-state index in [1.165, 1.54) is 21.9 Å². The van der Waals surface area contributed by atoms with Gasteiger partial charge in [-0.25, -0.2) is 0 Å². The van der Waals surface area contributed by atoms with Crippen molar-refractivity contribution in [1.82, 2.24) is 0 Å². The van der Waals surface area contributed by atoms with E-state index < -0.39 is 0 Å². The summed E-state index contributed by atoms with van der Waals surface area (Å²) in [5.74, 6) is 0. The average molecular weight is 239 g/mol. The highest BCUT2D eigenvalue weighted by molar-refractivity contribution is 5.85. The molecule has 2 N–H and O–H groups in total. The van der Waals surface area contributed by atoms with Crippen molar-refractivity contribution in [2.24, 2.45) is 5.73 Å². The lowest BCUT2D eigenvalue weighted by atomic mass is 9.96. The number of hydrogen-bond donors (Lipinski definition) is 1. The molecule has 0 aromatic heterocycles. The highest BCUT2D eigenvalue weighted by Gasteiger charge is 2.07. The molecule has 0 aliphatic carbocycles. The van der Waals surface area contributed by atoms with Gasteiger partial charge in [0.05, 0.1) is 0 Å². The third-order valence-corrected chi connectivity index (χ3v) is 3.30. The molecule has 1 nitrogen and oxygen atoms in total. The second-order valence-electron chi connectivity index (χ2n) is 5.10. The van der Waals surface area contributed by atoms with Gasteiger partial charge in [-0.15, -0.1) is 6.58 Å². The van der Waals surface area contributed by atoms with Crippen molar-refractivity contribution < 1.29 is 0 Å². The first-order chi connectivity index (χ1) is 8.66. The molecule has 0 saturated heterocycles. The summed E-state index contributed by atoms with van der Waals surface area (Å²) in [4.78, 5) is 0. The lowest BCUT2D eigenvalue weighted by Gasteiger charge is -2.13. The summed E-state index contributed by atoms with van der Waals surface area (Å²) in [5.41, 5.74) is 8.76. The monoisotopic (exact) mass is 239 g/mol. The van der Waals surface area contributed by atoms with Gasteiger partial charge in [-0.05, 0) is 42.5 Å². The lowest BCUT2D eigenvalue weighted by molar-refractivity contribution is 0.611. The van der Waals surface area contributed by atoms with E-state index in [4.69, 9.17) is 5.73 Å². The molecule has 18 heavy (non-hydrogen) atoms. The number of nitrogens with two attached hydrogens (primary N) is 1. The van der Waals surface area contributed by atoms with Crippen molar-refractivity contribution in [2.45, 2.75) is 32.2 Å². The summed E-state index contributed by atoms with van der Waals surface area (Å²) in [7, 11) is 0. The maximum atomic E-state index is 6.20. The van der Waals surface area contributed by atoms with E-state index >= 15 is 0 Å². The predicted octanol–water partition coefficient (Wildman–Crippen LogP) is 4.07. The summed E-state index contributed by atoms with van der Waals surface area (Å²) in [6, 6.07) is 15.2. The van der Waals surface area contributed by atoms with Crippen LogP contribution in [-0.2, 0) is 6.42 Å². The zero-order valence-corrected chi connectivity index (χ0v) is 11.0. The van der Waals surface area contributed by atoms with Gasteiger partial charge in [0.2, 0.25) is 0 Å². The first-order valence-corrected chi connectivity index (χ1v) is 6.53. The van der Waals surface area contributed by atoms with E-state index in [9.17, 15) is 0 Å². The third kappa shape index (κ3) is 3.21. The Morgan fingerprint density at radius 3 is 2.67 bits per heavy atom. The van der Waals surface area contributed by atoms with Gasteiger partial charge in [-0.1, -0.05) is 48.0 Å². The second-order valence-corrected chi connectivity index (χ2v) is 5.10. The fourth-order valence-electron chi connectivity index (χ4n) is 2.29. The molecule has 1 unspecified atom stereocenters. The standard InChI is InChI=1S/C17H21N/c1-13(2)10-11-16(18)12-15-8-5-7-14-6-3-4-9-17(14)15/h3-9,16H,1,10-12,18H2,2H3. The van der Waals surface area contributed by atoms with Gasteiger partial charge in [0.25, 0.3) is 0 Å². The first kappa shape index (κ1) is 12.8. The molecule has 0 spiro atoms. The van der Waals surface area contributed by atoms with Crippen molar-refractivity contribution in [1.29, 1.82) is 0 Å². The Morgan fingerprint density at radius 2 is 1.89 bits per heavy atom. The fraction of sp³-hybridized carbons (Fsp3) is 0.294. The summed E-state index contributed by atoms with van der Waals surface area (Å²) in [6.45, 7) is 5.99. The number of allylic oxidation sites excluding steroid dienone is 1. The highest BCUT2D eigenvalue weighted by Crippen LogP contribution is 2.20. The molecule has 0 aliphatic rings. The summed E-state index contributed by atoms with van der Waals surface area (Å²) in [5, 5.41) is 2.62. The van der Waals surface area contributed by atoms with Crippen LogP contribution in [0.1, 0.15) is 25.3 Å². The van der Waals surface area contributed by atoms with Gasteiger partial charge in [-0.2, -0.15) is 0 Å². The van der Waals surface area contributed by atoms with Gasteiger partial charge in [0.1, 0.15) is 0 Å². The predicted molar refractivity (Wildman–Crippen MR) is 79.7 cm³/mol. The molecule has 0 radical (unpaired) electrons. The van der Waals surface area contributed by atoms with Crippen LogP contribution in [-0.4, -0.2) is 6.04 Å². The van der Waals surface area contributed by atoms with E-state index in [-0.39, 0.29) is 6.04 Å². The van der Waals surface area contributed by atoms with Crippen molar-refractivity contribution in [2.75, 3.05) is 0 Å². The van der Waals surface area contributed by atoms with Gasteiger partial charge in [0.15, 0.2) is 0 Å². The van der Waals surface area contributed by atoms with Crippen LogP contribution in [0.4, 0.5) is 0 Å². The molecule has 0 aliphatic heterocycles. The molecule has 2 aromatic carbocycles. The summed E-state index contributed by atoms with van der Waals surface area (Å²) in [6.07, 6.45) is 2.97. The smallest absolute Gasteiger partial charge is 0.00825 e. The molecule has 0 amide bonds. The minimum absolute atomic E-state index is 0.215. The van der Waals surface area contributed by atoms with Crippen LogP contribution in [0.15, 0.2) is 54.6 Å². The Balaban J connectivity index is 2.14. The molecule has 1 heteroatoms. The fourth-order valence-corrected chi connectivity index (χ4v) is 2.29. The van der Waals surface area contributed by atoms with Gasteiger partial charge in [-0.3, -0.25) is 0 Å². The minimum Gasteiger partial charge on any atom is -0.327 e. The largest absolute Gasteiger partial charge is 0.327 e. The van der Waals surface area contributed by atoms with Gasteiger partial charge >= 0.3 is 0 Å². The third-order valence-electron chi connectivity index (χ3n) is 3.30. The van der Waals surface area contributed by atoms with Crippen LogP contribution in [0.25, 0.3) is 10.8 Å². The Bertz CT molecular complexity index is 537. The molecule has 0 fully saturated rings. The molecular formula is C17H21N. The number of fused-ring (bicyclic) bond motifs is 1. The van der Waals surface area contributed by atoms with Crippen LogP contribution in [0.5, 0.6) is 0 Å². The Morgan fingerprint density at radius 1 is 1.17 bits per heavy atom. The highest BCUT2D eigenvalue weighted by atomic mass is 14.6. The Kier molecular flexibility index (Phi) is 4.16. The molecular weight excluding hydrogens is 218 g/mol. The van der Waals surface area contributed by atoms with Crippen LogP contribution in [0.3, 0.4) is 0 Å². The maximum absolute atomic E-state index is 6.20. The van der Waals surface area contributed by atoms with E-state index in [0.29, 0.717) is 0 Å².